The third-order valence-corrected chi connectivity index (χ3v) is 1.73. The Kier molecular flexibility index (Phi) is 3.79. The topological polar surface area (TPSA) is 130 Å². The van der Waals surface area contributed by atoms with Crippen LogP contribution in [0.15, 0.2) is 0 Å². The van der Waals surface area contributed by atoms with E-state index >= 15 is 0 Å². The van der Waals surface area contributed by atoms with Crippen molar-refractivity contribution in [3.05, 3.63) is 0 Å². The molecular weight excluding hydrogens is 200 g/mol. The fourth-order valence-electron chi connectivity index (χ4n) is 0.644. The summed E-state index contributed by atoms with van der Waals surface area (Å²) < 4.78 is 22.5. The van der Waals surface area contributed by atoms with Crippen molar-refractivity contribution in [2.45, 2.75) is 18.9 Å². The van der Waals surface area contributed by atoms with E-state index in [1.807, 2.05) is 0 Å². The fourth-order valence-corrected chi connectivity index (χ4v) is 1.16. The Morgan fingerprint density at radius 2 is 2.08 bits per heavy atom. The van der Waals surface area contributed by atoms with Crippen LogP contribution in [0.4, 0.5) is 0 Å². The summed E-state index contributed by atoms with van der Waals surface area (Å²) in [5.74, 6) is -1.22. The second kappa shape index (κ2) is 4.01. The zero-order chi connectivity index (χ0) is 10.7. The van der Waals surface area contributed by atoms with Crippen LogP contribution in [-0.2, 0) is 15.0 Å². The van der Waals surface area contributed by atoms with Gasteiger partial charge in [-0.25, -0.2) is 5.14 Å². The molecule has 0 aromatic carbocycles. The molecule has 1 unspecified atom stereocenters. The van der Waals surface area contributed by atoms with Gasteiger partial charge in [0.2, 0.25) is 0 Å². The third-order valence-electron chi connectivity index (χ3n) is 1.19. The number of carboxylic acid groups (broad SMARTS) is 1. The van der Waals surface area contributed by atoms with E-state index in [2.05, 4.69) is 5.14 Å². The number of carbonyl (C=O) groups is 1. The molecule has 78 valence electrons. The van der Waals surface area contributed by atoms with Gasteiger partial charge in [-0.3, -0.25) is 4.79 Å². The summed E-state index contributed by atoms with van der Waals surface area (Å²) in [6.45, 7) is 0.761. The molecule has 7 nitrogen and oxygen atoms in total. The molecule has 0 saturated heterocycles. The maximum atomic E-state index is 10.4. The third kappa shape index (κ3) is 7.65. The number of hydrogen-bond acceptors (Lipinski definition) is 4. The molecule has 0 bridgehead atoms. The van der Waals surface area contributed by atoms with Gasteiger partial charge in [0.05, 0.1) is 12.0 Å². The molecule has 13 heavy (non-hydrogen) atoms. The number of rotatable bonds is 5. The van der Waals surface area contributed by atoms with E-state index in [0.717, 1.165) is 0 Å². The quantitative estimate of drug-likeness (QED) is 0.419. The predicted octanol–water partition coefficient (Wildman–Crippen LogP) is -1.99. The van der Waals surface area contributed by atoms with Crippen LogP contribution in [0.1, 0.15) is 13.3 Å². The number of aliphatic hydroxyl groups is 1. The number of carboxylic acids is 1. The van der Waals surface area contributed by atoms with Gasteiger partial charge >= 0.3 is 5.97 Å². The van der Waals surface area contributed by atoms with Gasteiger partial charge in [-0.2, -0.15) is 13.1 Å². The van der Waals surface area contributed by atoms with E-state index < -0.39 is 34.7 Å². The van der Waals surface area contributed by atoms with Crippen molar-refractivity contribution in [3.8, 4) is 0 Å². The minimum Gasteiger partial charge on any atom is -0.481 e. The lowest BCUT2D eigenvalue weighted by atomic mass is 10.0. The molecule has 0 heterocycles. The highest BCUT2D eigenvalue weighted by Gasteiger charge is 2.25. The molecule has 0 rings (SSSR count). The molecule has 0 aliphatic heterocycles. The molecule has 0 aromatic rings. The first-order valence-corrected chi connectivity index (χ1v) is 4.89. The number of hydrogen-bond donors (Lipinski definition) is 4. The molecule has 0 saturated carbocycles. The van der Waals surface area contributed by atoms with E-state index in [1.165, 1.54) is 6.92 Å². The average molecular weight is 212 g/mol. The van der Waals surface area contributed by atoms with Gasteiger partial charge in [0.25, 0.3) is 10.2 Å². The number of aliphatic carboxylic acids is 1. The van der Waals surface area contributed by atoms with Crippen LogP contribution in [0.2, 0.25) is 0 Å². The van der Waals surface area contributed by atoms with Crippen LogP contribution in [0.3, 0.4) is 0 Å². The predicted molar refractivity (Wildman–Crippen MR) is 44.0 cm³/mol. The lowest BCUT2D eigenvalue weighted by molar-refractivity contribution is -0.141. The van der Waals surface area contributed by atoms with Crippen molar-refractivity contribution < 1.29 is 23.4 Å². The van der Waals surface area contributed by atoms with Crippen molar-refractivity contribution in [1.82, 2.24) is 4.72 Å². The SMILES string of the molecule is CC(O)(CNS(N)(=O)=O)CC(=O)O. The van der Waals surface area contributed by atoms with Gasteiger partial charge in [0.1, 0.15) is 0 Å². The summed E-state index contributed by atoms with van der Waals surface area (Å²) in [7, 11) is -3.90. The first kappa shape index (κ1) is 12.3. The Morgan fingerprint density at radius 3 is 2.38 bits per heavy atom. The van der Waals surface area contributed by atoms with Crippen molar-refractivity contribution in [2.75, 3.05) is 6.54 Å². The molecule has 1 atom stereocenters. The minimum absolute atomic E-state index is 0.432. The number of nitrogens with one attached hydrogen (secondary N) is 1. The lowest BCUT2D eigenvalue weighted by Crippen LogP contribution is -2.44. The van der Waals surface area contributed by atoms with E-state index in [9.17, 15) is 18.3 Å². The smallest absolute Gasteiger partial charge is 0.306 e. The standard InChI is InChI=1S/C5H12N2O5S/c1-5(10,2-4(8)9)3-7-13(6,11)12/h7,10H,2-3H2,1H3,(H,8,9)(H2,6,11,12). The molecule has 0 radical (unpaired) electrons. The second-order valence-electron chi connectivity index (χ2n) is 2.93. The highest BCUT2D eigenvalue weighted by Crippen LogP contribution is 2.07. The normalized spacial score (nSPS) is 16.5. The zero-order valence-electron chi connectivity index (χ0n) is 7.02. The minimum atomic E-state index is -3.90. The van der Waals surface area contributed by atoms with Crippen LogP contribution in [-0.4, -0.2) is 36.7 Å². The van der Waals surface area contributed by atoms with Crippen LogP contribution >= 0.6 is 0 Å². The van der Waals surface area contributed by atoms with Gasteiger partial charge in [-0.05, 0) is 6.92 Å². The van der Waals surface area contributed by atoms with Gasteiger partial charge in [-0.1, -0.05) is 0 Å². The van der Waals surface area contributed by atoms with Crippen LogP contribution in [0.5, 0.6) is 0 Å². The molecule has 0 fully saturated rings. The molecule has 0 amide bonds. The summed E-state index contributed by atoms with van der Waals surface area (Å²) >= 11 is 0. The highest BCUT2D eigenvalue weighted by molar-refractivity contribution is 7.87. The molecule has 0 spiro atoms. The van der Waals surface area contributed by atoms with E-state index in [4.69, 9.17) is 5.11 Å². The molecule has 0 aliphatic rings. The lowest BCUT2D eigenvalue weighted by Gasteiger charge is -2.20. The van der Waals surface area contributed by atoms with Crippen LogP contribution in [0, 0.1) is 0 Å². The van der Waals surface area contributed by atoms with Crippen LogP contribution < -0.4 is 9.86 Å². The Bertz CT molecular complexity index is 283. The van der Waals surface area contributed by atoms with Crippen molar-refractivity contribution >= 4 is 16.2 Å². The Labute approximate surface area is 75.7 Å². The van der Waals surface area contributed by atoms with Crippen molar-refractivity contribution in [3.63, 3.8) is 0 Å². The van der Waals surface area contributed by atoms with Gasteiger partial charge in [-0.15, -0.1) is 0 Å². The Balaban J connectivity index is 4.11. The van der Waals surface area contributed by atoms with Crippen LogP contribution in [0.25, 0.3) is 0 Å². The van der Waals surface area contributed by atoms with Gasteiger partial charge in [0.15, 0.2) is 0 Å². The van der Waals surface area contributed by atoms with Crippen molar-refractivity contribution in [2.24, 2.45) is 5.14 Å². The first-order chi connectivity index (χ1) is 5.62. The second-order valence-corrected chi connectivity index (χ2v) is 4.31. The molecular formula is C5H12N2O5S. The van der Waals surface area contributed by atoms with Crippen molar-refractivity contribution in [1.29, 1.82) is 0 Å². The maximum Gasteiger partial charge on any atom is 0.306 e. The molecule has 5 N–H and O–H groups in total. The summed E-state index contributed by atoms with van der Waals surface area (Å²) in [5.41, 5.74) is -1.64. The highest BCUT2D eigenvalue weighted by atomic mass is 32.2. The fraction of sp³-hybridized carbons (Fsp3) is 0.800. The maximum absolute atomic E-state index is 10.4. The van der Waals surface area contributed by atoms with E-state index in [-0.39, 0.29) is 0 Å². The summed E-state index contributed by atoms with van der Waals surface area (Å²) in [6, 6.07) is 0. The largest absolute Gasteiger partial charge is 0.481 e. The summed E-state index contributed by atoms with van der Waals surface area (Å²) in [5, 5.41) is 22.2. The van der Waals surface area contributed by atoms with Gasteiger partial charge in [0, 0.05) is 6.54 Å². The zero-order valence-corrected chi connectivity index (χ0v) is 7.84. The summed E-state index contributed by atoms with van der Waals surface area (Å²) in [6.07, 6.45) is -0.560. The van der Waals surface area contributed by atoms with E-state index in [0.29, 0.717) is 0 Å². The number of nitrogens with two attached hydrogens (primary N) is 1. The molecule has 0 aromatic heterocycles. The summed E-state index contributed by atoms with van der Waals surface area (Å²) in [4.78, 5) is 10.2. The Morgan fingerprint density at radius 1 is 1.62 bits per heavy atom. The monoisotopic (exact) mass is 212 g/mol. The average Bonchev–Trinajstić information content (AvgIpc) is 1.79. The Hall–Kier alpha value is -0.700. The first-order valence-electron chi connectivity index (χ1n) is 3.34. The molecule has 8 heteroatoms. The molecule has 0 aliphatic carbocycles. The van der Waals surface area contributed by atoms with Gasteiger partial charge < -0.3 is 10.2 Å². The van der Waals surface area contributed by atoms with E-state index in [1.54, 1.807) is 4.72 Å².